The number of ether oxygens (including phenoxy) is 3. The van der Waals surface area contributed by atoms with E-state index < -0.39 is 0 Å². The Morgan fingerprint density at radius 1 is 0.370 bits per heavy atom. The molecule has 0 amide bonds. The summed E-state index contributed by atoms with van der Waals surface area (Å²) in [6, 6.07) is 25.0. The standard InChI is InChI=1S/C48H54O6/c1-46(2,3)34-10-13-37-28(19-34)16-31-22-52-26-41-38-14-11-35(47(4,5)6)21-30(38)18-33(45(41)51)24-54-27-42-39-15-12-36(48(7,8)9)20-29(39)17-32(44(42)50)23-53-25-40(37)43(31)49/h10-21,49-51H,22-27H2,1-9H3. The zero-order chi connectivity index (χ0) is 38.7. The average Bonchev–Trinajstić information content (AvgIpc) is 3.09. The minimum atomic E-state index is -0.0667. The molecule has 0 fully saturated rings. The monoisotopic (exact) mass is 726 g/mol. The molecule has 6 aromatic carbocycles. The summed E-state index contributed by atoms with van der Waals surface area (Å²) in [5, 5.41) is 41.1. The van der Waals surface area contributed by atoms with Crippen molar-refractivity contribution >= 4 is 32.3 Å². The lowest BCUT2D eigenvalue weighted by Crippen LogP contribution is -2.11. The van der Waals surface area contributed by atoms with E-state index in [0.29, 0.717) is 33.4 Å². The summed E-state index contributed by atoms with van der Waals surface area (Å²) in [4.78, 5) is 0. The number of hydrogen-bond donors (Lipinski definition) is 3. The van der Waals surface area contributed by atoms with Crippen LogP contribution in [0.5, 0.6) is 17.2 Å². The van der Waals surface area contributed by atoms with Gasteiger partial charge in [-0.05, 0) is 83.5 Å². The fourth-order valence-corrected chi connectivity index (χ4v) is 7.56. The van der Waals surface area contributed by atoms with E-state index in [1.807, 2.05) is 18.2 Å². The molecule has 0 aromatic heterocycles. The summed E-state index contributed by atoms with van der Waals surface area (Å²) in [6.45, 7) is 20.4. The molecule has 0 atom stereocenters. The lowest BCUT2D eigenvalue weighted by molar-refractivity contribution is 0.0945. The lowest BCUT2D eigenvalue weighted by atomic mass is 9.85. The van der Waals surface area contributed by atoms with Crippen molar-refractivity contribution in [2.24, 2.45) is 0 Å². The first kappa shape index (κ1) is 37.7. The minimum Gasteiger partial charge on any atom is -0.507 e. The van der Waals surface area contributed by atoms with E-state index in [1.165, 1.54) is 16.7 Å². The van der Waals surface area contributed by atoms with Crippen LogP contribution in [0.2, 0.25) is 0 Å². The summed E-state index contributed by atoms with van der Waals surface area (Å²) in [5.74, 6) is 0.365. The van der Waals surface area contributed by atoms with Gasteiger partial charge in [0, 0.05) is 33.4 Å². The Hall–Kier alpha value is -4.62. The van der Waals surface area contributed by atoms with Crippen LogP contribution in [-0.4, -0.2) is 15.3 Å². The molecule has 6 heteroatoms. The maximum atomic E-state index is 11.8. The molecule has 6 nitrogen and oxygen atoms in total. The largest absolute Gasteiger partial charge is 0.507 e. The van der Waals surface area contributed by atoms with Crippen molar-refractivity contribution in [3.8, 4) is 17.2 Å². The van der Waals surface area contributed by atoms with Crippen molar-refractivity contribution in [2.45, 2.75) is 118 Å². The predicted octanol–water partition coefficient (Wildman–Crippen LogP) is 11.6. The third-order valence-electron chi connectivity index (χ3n) is 11.0. The van der Waals surface area contributed by atoms with Crippen molar-refractivity contribution in [2.75, 3.05) is 0 Å². The predicted molar refractivity (Wildman–Crippen MR) is 218 cm³/mol. The van der Waals surface area contributed by atoms with E-state index in [2.05, 4.69) is 117 Å². The van der Waals surface area contributed by atoms with Gasteiger partial charge in [0.25, 0.3) is 0 Å². The van der Waals surface area contributed by atoms with Crippen LogP contribution in [0.15, 0.2) is 72.8 Å². The van der Waals surface area contributed by atoms with Crippen molar-refractivity contribution in [3.05, 3.63) is 123 Å². The number of rotatable bonds is 0. The van der Waals surface area contributed by atoms with Crippen LogP contribution in [0, 0.1) is 0 Å². The van der Waals surface area contributed by atoms with Gasteiger partial charge in [-0.25, -0.2) is 0 Å². The van der Waals surface area contributed by atoms with Crippen LogP contribution in [0.25, 0.3) is 32.3 Å². The van der Waals surface area contributed by atoms with Crippen molar-refractivity contribution < 1.29 is 29.5 Å². The first-order valence-corrected chi connectivity index (χ1v) is 19.0. The second-order valence-electron chi connectivity index (χ2n) is 18.1. The summed E-state index contributed by atoms with van der Waals surface area (Å²) in [7, 11) is 0. The van der Waals surface area contributed by atoms with E-state index in [4.69, 9.17) is 14.2 Å². The molecule has 0 spiro atoms. The van der Waals surface area contributed by atoms with E-state index in [-0.39, 0.29) is 73.1 Å². The third-order valence-corrected chi connectivity index (χ3v) is 11.0. The van der Waals surface area contributed by atoms with Gasteiger partial charge in [-0.3, -0.25) is 0 Å². The van der Waals surface area contributed by atoms with Gasteiger partial charge in [0.1, 0.15) is 17.2 Å². The van der Waals surface area contributed by atoms with Crippen LogP contribution in [0.4, 0.5) is 0 Å². The fourth-order valence-electron chi connectivity index (χ4n) is 7.56. The van der Waals surface area contributed by atoms with Crippen molar-refractivity contribution in [1.29, 1.82) is 0 Å². The first-order valence-electron chi connectivity index (χ1n) is 19.0. The number of phenolic OH excluding ortho intramolecular Hbond substituents is 3. The molecular weight excluding hydrogens is 673 g/mol. The molecule has 7 rings (SSSR count). The number of hydrogen-bond acceptors (Lipinski definition) is 6. The molecule has 282 valence electrons. The maximum Gasteiger partial charge on any atom is 0.127 e. The number of phenols is 3. The van der Waals surface area contributed by atoms with Gasteiger partial charge in [-0.2, -0.15) is 0 Å². The van der Waals surface area contributed by atoms with Crippen LogP contribution in [0.1, 0.15) is 112 Å². The van der Waals surface area contributed by atoms with Crippen LogP contribution in [-0.2, 0) is 70.1 Å². The topological polar surface area (TPSA) is 88.4 Å². The van der Waals surface area contributed by atoms with Gasteiger partial charge in [0.05, 0.1) is 39.6 Å². The zero-order valence-electron chi connectivity index (χ0n) is 33.2. The zero-order valence-corrected chi connectivity index (χ0v) is 33.2. The minimum absolute atomic E-state index is 0.0667. The Kier molecular flexibility index (Phi) is 9.70. The van der Waals surface area contributed by atoms with Gasteiger partial charge in [0.2, 0.25) is 0 Å². The summed E-state index contributed by atoms with van der Waals surface area (Å²) < 4.78 is 19.1. The van der Waals surface area contributed by atoms with Gasteiger partial charge in [0.15, 0.2) is 0 Å². The quantitative estimate of drug-likeness (QED) is 0.144. The Morgan fingerprint density at radius 2 is 0.630 bits per heavy atom. The van der Waals surface area contributed by atoms with Gasteiger partial charge in [-0.1, -0.05) is 117 Å². The SMILES string of the molecule is CC(C)(C)c1ccc2c3c(O)c(cc2c1)COCc1c(O)c(cc2cc(C(C)(C)C)ccc12)COCc1c(O)c(cc2cc(C(C)(C)C)ccc12)COC3. The van der Waals surface area contributed by atoms with E-state index in [9.17, 15) is 15.3 Å². The summed E-state index contributed by atoms with van der Waals surface area (Å²) >= 11 is 0. The number of fused-ring (bicyclic) bond motifs is 12. The maximum absolute atomic E-state index is 11.8. The molecule has 1 aliphatic rings. The van der Waals surface area contributed by atoms with Crippen LogP contribution >= 0.6 is 0 Å². The normalized spacial score (nSPS) is 15.1. The highest BCUT2D eigenvalue weighted by Gasteiger charge is 2.23. The molecule has 0 radical (unpaired) electrons. The Bertz CT molecular complexity index is 2130. The molecular formula is C48H54O6. The third kappa shape index (κ3) is 7.27. The smallest absolute Gasteiger partial charge is 0.127 e. The Balaban J connectivity index is 1.40. The molecule has 1 heterocycles. The van der Waals surface area contributed by atoms with Gasteiger partial charge < -0.3 is 29.5 Å². The molecule has 0 saturated carbocycles. The second kappa shape index (κ2) is 13.9. The molecule has 0 saturated heterocycles. The van der Waals surface area contributed by atoms with E-state index in [1.54, 1.807) is 0 Å². The lowest BCUT2D eigenvalue weighted by Gasteiger charge is -2.22. The number of aromatic hydroxyl groups is 3. The molecule has 0 unspecified atom stereocenters. The number of benzene rings is 6. The van der Waals surface area contributed by atoms with Crippen molar-refractivity contribution in [1.82, 2.24) is 0 Å². The van der Waals surface area contributed by atoms with E-state index in [0.717, 1.165) is 32.3 Å². The highest BCUT2D eigenvalue weighted by atomic mass is 16.5. The molecule has 6 bridgehead atoms. The summed E-state index contributed by atoms with van der Waals surface area (Å²) in [6.07, 6.45) is 0. The average molecular weight is 727 g/mol. The van der Waals surface area contributed by atoms with E-state index >= 15 is 0 Å². The second-order valence-corrected chi connectivity index (χ2v) is 18.1. The Labute approximate surface area is 319 Å². The highest BCUT2D eigenvalue weighted by molar-refractivity contribution is 5.91. The first-order chi connectivity index (χ1) is 25.4. The molecule has 3 N–H and O–H groups in total. The van der Waals surface area contributed by atoms with Crippen molar-refractivity contribution in [3.63, 3.8) is 0 Å². The molecule has 54 heavy (non-hydrogen) atoms. The molecule has 1 aliphatic heterocycles. The fraction of sp³-hybridized carbons (Fsp3) is 0.375. The molecule has 0 aliphatic carbocycles. The highest BCUT2D eigenvalue weighted by Crippen LogP contribution is 2.40. The van der Waals surface area contributed by atoms with Gasteiger partial charge in [-0.15, -0.1) is 0 Å². The summed E-state index contributed by atoms with van der Waals surface area (Å²) in [5.41, 5.74) is 7.25. The molecule has 6 aromatic rings. The van der Waals surface area contributed by atoms with Crippen LogP contribution in [0.3, 0.4) is 0 Å². The van der Waals surface area contributed by atoms with Crippen LogP contribution < -0.4 is 0 Å². The Morgan fingerprint density at radius 3 is 0.870 bits per heavy atom. The van der Waals surface area contributed by atoms with Gasteiger partial charge >= 0.3 is 0 Å².